The number of likely N-dealkylation sites (N-methyl/N-ethyl adjacent to an activating group) is 1. The number of likely N-dealkylation sites (tertiary alicyclic amines) is 1. The van der Waals surface area contributed by atoms with Crippen LogP contribution in [0.25, 0.3) is 0 Å². The van der Waals surface area contributed by atoms with E-state index in [-0.39, 0.29) is 5.91 Å². The van der Waals surface area contributed by atoms with Crippen molar-refractivity contribution in [1.29, 1.82) is 0 Å². The Morgan fingerprint density at radius 2 is 1.77 bits per heavy atom. The molecule has 1 aliphatic carbocycles. The van der Waals surface area contributed by atoms with Crippen LogP contribution in [0, 0.1) is 5.92 Å². The highest BCUT2D eigenvalue weighted by Gasteiger charge is 2.27. The van der Waals surface area contributed by atoms with Gasteiger partial charge in [-0.15, -0.1) is 0 Å². The van der Waals surface area contributed by atoms with Crippen LogP contribution in [0.15, 0.2) is 18.2 Å². The zero-order chi connectivity index (χ0) is 17.9. The van der Waals surface area contributed by atoms with Gasteiger partial charge in [0, 0.05) is 51.4 Å². The van der Waals surface area contributed by atoms with Crippen LogP contribution < -0.4 is 0 Å². The first-order valence-electron chi connectivity index (χ1n) is 10.5. The van der Waals surface area contributed by atoms with Gasteiger partial charge in [-0.25, -0.2) is 0 Å². The number of hydrogen-bond donors (Lipinski definition) is 0. The number of piperidine rings is 1. The van der Waals surface area contributed by atoms with E-state index in [9.17, 15) is 4.79 Å². The first kappa shape index (κ1) is 18.0. The van der Waals surface area contributed by atoms with E-state index < -0.39 is 0 Å². The molecule has 2 saturated heterocycles. The zero-order valence-corrected chi connectivity index (χ0v) is 16.3. The van der Waals surface area contributed by atoms with E-state index in [4.69, 9.17) is 0 Å². The lowest BCUT2D eigenvalue weighted by Gasteiger charge is -2.38. The van der Waals surface area contributed by atoms with Crippen molar-refractivity contribution in [3.8, 4) is 0 Å². The van der Waals surface area contributed by atoms with E-state index in [0.717, 1.165) is 38.0 Å². The molecule has 1 aromatic rings. The summed E-state index contributed by atoms with van der Waals surface area (Å²) in [6.45, 7) is 7.70. The molecule has 0 spiro atoms. The highest BCUT2D eigenvalue weighted by Crippen LogP contribution is 2.25. The van der Waals surface area contributed by atoms with Crippen molar-refractivity contribution >= 4 is 5.91 Å². The van der Waals surface area contributed by atoms with Gasteiger partial charge in [0.05, 0.1) is 0 Å². The van der Waals surface area contributed by atoms with Crippen LogP contribution in [-0.4, -0.2) is 73.5 Å². The van der Waals surface area contributed by atoms with Crippen molar-refractivity contribution in [2.45, 2.75) is 38.5 Å². The summed E-state index contributed by atoms with van der Waals surface area (Å²) in [6.07, 6.45) is 7.29. The Hall–Kier alpha value is -1.39. The average molecular weight is 356 g/mol. The normalized spacial score (nSPS) is 25.1. The summed E-state index contributed by atoms with van der Waals surface area (Å²) in [7, 11) is 2.21. The SMILES string of the molecule is CN1CCN(C[C@@H]2CCCN(C(=O)c3ccc4c(c3)CCCC4)C2)CC1. The molecule has 26 heavy (non-hydrogen) atoms. The van der Waals surface area contributed by atoms with Gasteiger partial charge in [0.2, 0.25) is 0 Å². The Morgan fingerprint density at radius 3 is 2.58 bits per heavy atom. The molecule has 4 nitrogen and oxygen atoms in total. The molecule has 2 fully saturated rings. The Labute approximate surface area is 158 Å². The second-order valence-corrected chi connectivity index (χ2v) is 8.55. The predicted octanol–water partition coefficient (Wildman–Crippen LogP) is 2.67. The van der Waals surface area contributed by atoms with Gasteiger partial charge in [-0.3, -0.25) is 4.79 Å². The third-order valence-corrected chi connectivity index (χ3v) is 6.51. The van der Waals surface area contributed by atoms with Crippen molar-refractivity contribution in [1.82, 2.24) is 14.7 Å². The number of piperazine rings is 1. The molecule has 3 aliphatic rings. The predicted molar refractivity (Wildman–Crippen MR) is 106 cm³/mol. The van der Waals surface area contributed by atoms with Crippen molar-refractivity contribution in [3.05, 3.63) is 34.9 Å². The van der Waals surface area contributed by atoms with Crippen LogP contribution in [0.5, 0.6) is 0 Å². The summed E-state index contributed by atoms with van der Waals surface area (Å²) in [6, 6.07) is 6.45. The van der Waals surface area contributed by atoms with Crippen LogP contribution in [0.4, 0.5) is 0 Å². The average Bonchev–Trinajstić information content (AvgIpc) is 2.69. The Kier molecular flexibility index (Phi) is 5.60. The summed E-state index contributed by atoms with van der Waals surface area (Å²) >= 11 is 0. The lowest BCUT2D eigenvalue weighted by atomic mass is 9.90. The van der Waals surface area contributed by atoms with Gasteiger partial charge in [0.25, 0.3) is 5.91 Å². The Bertz CT molecular complexity index is 636. The molecule has 2 aliphatic heterocycles. The molecule has 0 aromatic heterocycles. The van der Waals surface area contributed by atoms with E-state index in [1.54, 1.807) is 0 Å². The fourth-order valence-corrected chi connectivity index (χ4v) is 4.84. The molecule has 4 rings (SSSR count). The third-order valence-electron chi connectivity index (χ3n) is 6.51. The van der Waals surface area contributed by atoms with Crippen molar-refractivity contribution in [3.63, 3.8) is 0 Å². The number of fused-ring (bicyclic) bond motifs is 1. The molecule has 0 unspecified atom stereocenters. The summed E-state index contributed by atoms with van der Waals surface area (Å²) < 4.78 is 0. The van der Waals surface area contributed by atoms with E-state index in [0.29, 0.717) is 5.92 Å². The van der Waals surface area contributed by atoms with E-state index in [1.165, 1.54) is 63.0 Å². The summed E-state index contributed by atoms with van der Waals surface area (Å²) in [5.74, 6) is 0.884. The van der Waals surface area contributed by atoms with Crippen LogP contribution in [0.1, 0.15) is 47.2 Å². The summed E-state index contributed by atoms with van der Waals surface area (Å²) in [5.41, 5.74) is 3.78. The van der Waals surface area contributed by atoms with Crippen molar-refractivity contribution in [2.24, 2.45) is 5.92 Å². The monoisotopic (exact) mass is 355 g/mol. The van der Waals surface area contributed by atoms with Gasteiger partial charge in [0.15, 0.2) is 0 Å². The minimum atomic E-state index is 0.251. The number of carbonyl (C=O) groups is 1. The van der Waals surface area contributed by atoms with Crippen molar-refractivity contribution in [2.75, 3.05) is 52.9 Å². The maximum Gasteiger partial charge on any atom is 0.253 e. The molecule has 0 N–H and O–H groups in total. The molecule has 142 valence electrons. The summed E-state index contributed by atoms with van der Waals surface area (Å²) in [4.78, 5) is 20.2. The molecule has 0 bridgehead atoms. The van der Waals surface area contributed by atoms with Gasteiger partial charge in [-0.1, -0.05) is 6.07 Å². The number of carbonyl (C=O) groups excluding carboxylic acids is 1. The van der Waals surface area contributed by atoms with Gasteiger partial charge in [-0.05, 0) is 74.8 Å². The zero-order valence-electron chi connectivity index (χ0n) is 16.3. The minimum Gasteiger partial charge on any atom is -0.338 e. The fourth-order valence-electron chi connectivity index (χ4n) is 4.84. The van der Waals surface area contributed by atoms with Gasteiger partial charge in [-0.2, -0.15) is 0 Å². The molecule has 1 atom stereocenters. The molecule has 0 saturated carbocycles. The van der Waals surface area contributed by atoms with E-state index in [2.05, 4.69) is 39.9 Å². The number of benzene rings is 1. The molecule has 2 heterocycles. The smallest absolute Gasteiger partial charge is 0.253 e. The first-order chi connectivity index (χ1) is 12.7. The van der Waals surface area contributed by atoms with Gasteiger partial charge >= 0.3 is 0 Å². The second-order valence-electron chi connectivity index (χ2n) is 8.55. The molecule has 1 amide bonds. The second kappa shape index (κ2) is 8.10. The quantitative estimate of drug-likeness (QED) is 0.834. The standard InChI is InChI=1S/C22H33N3O/c1-23-11-13-24(14-12-23)16-18-5-4-10-25(17-18)22(26)21-9-8-19-6-2-3-7-20(19)15-21/h8-9,15,18H,2-7,10-14,16-17H2,1H3/t18-/m0/s1. The lowest BCUT2D eigenvalue weighted by molar-refractivity contribution is 0.0609. The number of hydrogen-bond acceptors (Lipinski definition) is 3. The maximum atomic E-state index is 13.1. The number of amides is 1. The third kappa shape index (κ3) is 4.12. The lowest BCUT2D eigenvalue weighted by Crippen LogP contribution is -2.49. The first-order valence-corrected chi connectivity index (χ1v) is 10.5. The highest BCUT2D eigenvalue weighted by molar-refractivity contribution is 5.94. The van der Waals surface area contributed by atoms with Crippen molar-refractivity contribution < 1.29 is 4.79 Å². The molecule has 1 aromatic carbocycles. The highest BCUT2D eigenvalue weighted by atomic mass is 16.2. The van der Waals surface area contributed by atoms with Gasteiger partial charge < -0.3 is 14.7 Å². The Morgan fingerprint density at radius 1 is 1.00 bits per heavy atom. The number of nitrogens with zero attached hydrogens (tertiary/aromatic N) is 3. The van der Waals surface area contributed by atoms with Crippen LogP contribution >= 0.6 is 0 Å². The topological polar surface area (TPSA) is 26.8 Å². The molecular weight excluding hydrogens is 322 g/mol. The minimum absolute atomic E-state index is 0.251. The molecule has 0 radical (unpaired) electrons. The maximum absolute atomic E-state index is 13.1. The number of rotatable bonds is 3. The molecular formula is C22H33N3O. The van der Waals surface area contributed by atoms with Crippen LogP contribution in [0.2, 0.25) is 0 Å². The summed E-state index contributed by atoms with van der Waals surface area (Å²) in [5, 5.41) is 0. The van der Waals surface area contributed by atoms with E-state index >= 15 is 0 Å². The van der Waals surface area contributed by atoms with Gasteiger partial charge in [0.1, 0.15) is 0 Å². The molecule has 4 heteroatoms. The van der Waals surface area contributed by atoms with E-state index in [1.807, 2.05) is 0 Å². The largest absolute Gasteiger partial charge is 0.338 e. The van der Waals surface area contributed by atoms with Crippen LogP contribution in [0.3, 0.4) is 0 Å². The van der Waals surface area contributed by atoms with Crippen LogP contribution in [-0.2, 0) is 12.8 Å². The number of aryl methyl sites for hydroxylation is 2. The fraction of sp³-hybridized carbons (Fsp3) is 0.682. The Balaban J connectivity index is 1.37.